The molecule has 1 amide bonds. The van der Waals surface area contributed by atoms with E-state index in [0.29, 0.717) is 16.8 Å². The SMILES string of the molecule is [N-]=[N+]=CC(=O)CCC(NC(=O)C(O)Cc1c[nH]c2cc(Cl)ccc12)C(=O)O. The second-order valence-electron chi connectivity index (χ2n) is 5.87. The van der Waals surface area contributed by atoms with Crippen molar-refractivity contribution in [3.05, 3.63) is 40.5 Å². The standard InChI is InChI=1S/C17H17ClN4O5/c18-10-1-3-12-9(7-20-14(12)6-10)5-15(24)16(25)22-13(17(26)27)4-2-11(23)8-21-19/h1,3,6-8,13,15,20,24H,2,4-5H2,(H,22,25)(H,26,27). The van der Waals surface area contributed by atoms with Gasteiger partial charge in [0.25, 0.3) is 0 Å². The Kier molecular flexibility index (Phi) is 6.84. The number of nitrogens with one attached hydrogen (secondary N) is 2. The average molecular weight is 393 g/mol. The minimum absolute atomic E-state index is 0.0318. The summed E-state index contributed by atoms with van der Waals surface area (Å²) in [6, 6.07) is 3.79. The van der Waals surface area contributed by atoms with Gasteiger partial charge in [-0.3, -0.25) is 9.59 Å². The molecule has 0 radical (unpaired) electrons. The summed E-state index contributed by atoms with van der Waals surface area (Å²) in [4.78, 5) is 40.2. The number of amides is 1. The Hall–Kier alpha value is -3.00. The average Bonchev–Trinajstić information content (AvgIpc) is 3.00. The number of rotatable bonds is 9. The molecule has 0 spiro atoms. The number of carboxylic acid groups (broad SMARTS) is 1. The molecule has 0 aliphatic rings. The van der Waals surface area contributed by atoms with Gasteiger partial charge < -0.3 is 26.0 Å². The molecule has 2 rings (SSSR count). The molecular weight excluding hydrogens is 376 g/mol. The van der Waals surface area contributed by atoms with E-state index in [-0.39, 0.29) is 19.3 Å². The van der Waals surface area contributed by atoms with Crippen molar-refractivity contribution in [1.82, 2.24) is 10.3 Å². The van der Waals surface area contributed by atoms with Crippen molar-refractivity contribution < 1.29 is 29.4 Å². The number of carbonyl (C=O) groups is 3. The number of ketones is 1. The van der Waals surface area contributed by atoms with Gasteiger partial charge in [0.2, 0.25) is 11.7 Å². The molecule has 2 unspecified atom stereocenters. The van der Waals surface area contributed by atoms with Gasteiger partial charge in [0.1, 0.15) is 12.1 Å². The lowest BCUT2D eigenvalue weighted by Gasteiger charge is -2.16. The van der Waals surface area contributed by atoms with Crippen molar-refractivity contribution >= 4 is 46.4 Å². The number of carboxylic acids is 1. The number of hydrogen-bond acceptors (Lipinski definition) is 4. The lowest BCUT2D eigenvalue weighted by Crippen LogP contribution is -2.46. The first kappa shape index (κ1) is 20.3. The van der Waals surface area contributed by atoms with E-state index >= 15 is 0 Å². The van der Waals surface area contributed by atoms with Gasteiger partial charge in [-0.2, -0.15) is 4.79 Å². The maximum atomic E-state index is 12.1. The van der Waals surface area contributed by atoms with E-state index in [1.165, 1.54) is 0 Å². The first-order chi connectivity index (χ1) is 12.8. The highest BCUT2D eigenvalue weighted by molar-refractivity contribution is 6.31. The van der Waals surface area contributed by atoms with E-state index in [0.717, 1.165) is 10.9 Å². The Morgan fingerprint density at radius 1 is 1.37 bits per heavy atom. The van der Waals surface area contributed by atoms with Gasteiger partial charge in [-0.25, -0.2) is 4.79 Å². The zero-order valence-corrected chi connectivity index (χ0v) is 14.8. The highest BCUT2D eigenvalue weighted by Gasteiger charge is 2.25. The summed E-state index contributed by atoms with van der Waals surface area (Å²) in [5.41, 5.74) is 9.68. The van der Waals surface area contributed by atoms with Crippen molar-refractivity contribution in [3.8, 4) is 0 Å². The second-order valence-corrected chi connectivity index (χ2v) is 6.31. The molecule has 27 heavy (non-hydrogen) atoms. The number of carbonyl (C=O) groups excluding carboxylic acids is 2. The van der Waals surface area contributed by atoms with Gasteiger partial charge in [0.05, 0.1) is 0 Å². The Bertz CT molecular complexity index is 919. The van der Waals surface area contributed by atoms with Crippen LogP contribution < -0.4 is 5.32 Å². The fourth-order valence-corrected chi connectivity index (χ4v) is 2.74. The van der Waals surface area contributed by atoms with Crippen molar-refractivity contribution in [2.24, 2.45) is 0 Å². The van der Waals surface area contributed by atoms with Gasteiger partial charge in [-0.1, -0.05) is 17.7 Å². The molecule has 1 aromatic heterocycles. The summed E-state index contributed by atoms with van der Waals surface area (Å²) in [5.74, 6) is -2.80. The number of H-pyrrole nitrogens is 1. The number of aliphatic hydroxyl groups is 1. The molecule has 2 atom stereocenters. The van der Waals surface area contributed by atoms with Crippen molar-refractivity contribution in [2.45, 2.75) is 31.4 Å². The zero-order valence-electron chi connectivity index (χ0n) is 14.1. The number of aliphatic hydroxyl groups excluding tert-OH is 1. The molecule has 0 saturated heterocycles. The third-order valence-electron chi connectivity index (χ3n) is 3.94. The van der Waals surface area contributed by atoms with Crippen LogP contribution in [0, 0.1) is 0 Å². The maximum absolute atomic E-state index is 12.1. The molecule has 4 N–H and O–H groups in total. The molecule has 10 heteroatoms. The molecule has 1 heterocycles. The molecule has 0 aliphatic heterocycles. The number of halogens is 1. The lowest BCUT2D eigenvalue weighted by molar-refractivity contribution is -0.143. The zero-order chi connectivity index (χ0) is 20.0. The van der Waals surface area contributed by atoms with Crippen LogP contribution in [0.15, 0.2) is 24.4 Å². The molecule has 0 bridgehead atoms. The fraction of sp³-hybridized carbons (Fsp3) is 0.294. The van der Waals surface area contributed by atoms with Gasteiger partial charge in [-0.05, 0) is 24.1 Å². The first-order valence-corrected chi connectivity index (χ1v) is 8.36. The summed E-state index contributed by atoms with van der Waals surface area (Å²) in [6.07, 6.45) is 0.342. The van der Waals surface area contributed by atoms with Crippen LogP contribution in [0.1, 0.15) is 18.4 Å². The van der Waals surface area contributed by atoms with Crippen LogP contribution in [0.25, 0.3) is 16.4 Å². The number of hydrogen-bond donors (Lipinski definition) is 4. The number of aromatic amines is 1. The Balaban J connectivity index is 2.00. The van der Waals surface area contributed by atoms with E-state index in [9.17, 15) is 19.5 Å². The third-order valence-corrected chi connectivity index (χ3v) is 4.18. The van der Waals surface area contributed by atoms with Gasteiger partial charge >= 0.3 is 12.2 Å². The number of Topliss-reactive ketones (excluding diaryl/α,β-unsaturated/α-hetero) is 1. The highest BCUT2D eigenvalue weighted by atomic mass is 35.5. The number of benzene rings is 1. The normalized spacial score (nSPS) is 12.8. The van der Waals surface area contributed by atoms with E-state index < -0.39 is 29.8 Å². The first-order valence-electron chi connectivity index (χ1n) is 7.99. The van der Waals surface area contributed by atoms with Crippen LogP contribution >= 0.6 is 11.6 Å². The van der Waals surface area contributed by atoms with Crippen molar-refractivity contribution in [1.29, 1.82) is 0 Å². The third kappa shape index (κ3) is 5.49. The Morgan fingerprint density at radius 2 is 2.11 bits per heavy atom. The second kappa shape index (κ2) is 9.09. The summed E-state index contributed by atoms with van der Waals surface area (Å²) >= 11 is 5.91. The molecule has 2 aromatic rings. The van der Waals surface area contributed by atoms with Crippen LogP contribution in [0.3, 0.4) is 0 Å². The minimum Gasteiger partial charge on any atom is -0.480 e. The summed E-state index contributed by atoms with van der Waals surface area (Å²) in [7, 11) is 0. The van der Waals surface area contributed by atoms with Gasteiger partial charge in [0, 0.05) is 35.0 Å². The van der Waals surface area contributed by atoms with Crippen LogP contribution in [0.2, 0.25) is 5.02 Å². The Labute approximate surface area is 158 Å². The predicted octanol–water partition coefficient (Wildman–Crippen LogP) is 0.944. The van der Waals surface area contributed by atoms with Crippen LogP contribution in [-0.2, 0) is 20.8 Å². The maximum Gasteiger partial charge on any atom is 0.326 e. The molecular formula is C17H17ClN4O5. The molecule has 0 aliphatic carbocycles. The number of aliphatic carboxylic acids is 1. The number of fused-ring (bicyclic) bond motifs is 1. The van der Waals surface area contributed by atoms with Crippen LogP contribution in [0.4, 0.5) is 0 Å². The van der Waals surface area contributed by atoms with Crippen LogP contribution in [-0.4, -0.2) is 56.0 Å². The molecule has 9 nitrogen and oxygen atoms in total. The van der Waals surface area contributed by atoms with Crippen molar-refractivity contribution in [3.63, 3.8) is 0 Å². The predicted molar refractivity (Wildman–Crippen MR) is 96.5 cm³/mol. The topological polar surface area (TPSA) is 156 Å². The minimum atomic E-state index is -1.48. The smallest absolute Gasteiger partial charge is 0.326 e. The van der Waals surface area contributed by atoms with E-state index in [1.807, 2.05) is 0 Å². The highest BCUT2D eigenvalue weighted by Crippen LogP contribution is 2.23. The molecule has 142 valence electrons. The number of aromatic nitrogens is 1. The molecule has 0 saturated carbocycles. The largest absolute Gasteiger partial charge is 0.480 e. The van der Waals surface area contributed by atoms with E-state index in [4.69, 9.17) is 22.2 Å². The summed E-state index contributed by atoms with van der Waals surface area (Å²) < 4.78 is 0. The van der Waals surface area contributed by atoms with Gasteiger partial charge in [-0.15, -0.1) is 0 Å². The molecule has 0 fully saturated rings. The monoisotopic (exact) mass is 392 g/mol. The summed E-state index contributed by atoms with van der Waals surface area (Å²) in [6.45, 7) is 0. The Morgan fingerprint density at radius 3 is 2.78 bits per heavy atom. The summed E-state index contributed by atoms with van der Waals surface area (Å²) in [5, 5.41) is 22.8. The quantitative estimate of drug-likeness (QED) is 0.284. The van der Waals surface area contributed by atoms with Gasteiger partial charge in [0.15, 0.2) is 0 Å². The fourth-order valence-electron chi connectivity index (χ4n) is 2.57. The number of nitrogens with zero attached hydrogens (tertiary/aromatic N) is 2. The van der Waals surface area contributed by atoms with E-state index in [1.54, 1.807) is 24.4 Å². The van der Waals surface area contributed by atoms with E-state index in [2.05, 4.69) is 15.1 Å². The molecule has 1 aromatic carbocycles. The van der Waals surface area contributed by atoms with Crippen LogP contribution in [0.5, 0.6) is 0 Å². The van der Waals surface area contributed by atoms with Crippen molar-refractivity contribution in [2.75, 3.05) is 0 Å². The lowest BCUT2D eigenvalue weighted by atomic mass is 10.0.